The second kappa shape index (κ2) is 66.4. The average molecular weight is 1220 g/mol. The van der Waals surface area contributed by atoms with E-state index in [4.69, 9.17) is 18.5 Å². The molecule has 86 heavy (non-hydrogen) atoms. The molecule has 0 fully saturated rings. The molecule has 0 bridgehead atoms. The molecule has 498 valence electrons. The van der Waals surface area contributed by atoms with Crippen molar-refractivity contribution >= 4 is 19.8 Å². The lowest BCUT2D eigenvalue weighted by atomic mass is 10.0. The lowest BCUT2D eigenvalue weighted by Gasteiger charge is -2.24. The summed E-state index contributed by atoms with van der Waals surface area (Å²) in [5, 5.41) is 0. The second-order valence-corrected chi connectivity index (χ2v) is 26.7. The third kappa shape index (κ3) is 70.0. The van der Waals surface area contributed by atoms with Crippen LogP contribution in [0.1, 0.15) is 322 Å². The molecular formula is C76H137NO8P+. The molecule has 0 aromatic rings. The number of hydrogen-bond donors (Lipinski definition) is 1. The number of hydrogen-bond acceptors (Lipinski definition) is 7. The van der Waals surface area contributed by atoms with Crippen molar-refractivity contribution in [2.45, 2.75) is 328 Å². The number of likely N-dealkylation sites (N-methyl/N-ethyl adjacent to an activating group) is 1. The van der Waals surface area contributed by atoms with Gasteiger partial charge in [0.05, 0.1) is 27.7 Å². The van der Waals surface area contributed by atoms with Gasteiger partial charge in [-0.1, -0.05) is 310 Å². The molecule has 0 aromatic carbocycles. The second-order valence-electron chi connectivity index (χ2n) is 25.2. The summed E-state index contributed by atoms with van der Waals surface area (Å²) in [5.41, 5.74) is 0. The molecule has 0 aliphatic rings. The molecule has 0 aliphatic carbocycles. The topological polar surface area (TPSA) is 108 Å². The van der Waals surface area contributed by atoms with Gasteiger partial charge in [-0.25, -0.2) is 4.57 Å². The summed E-state index contributed by atoms with van der Waals surface area (Å²) in [6.07, 6.45) is 92.4. The van der Waals surface area contributed by atoms with Gasteiger partial charge in [-0.05, 0) is 96.3 Å². The van der Waals surface area contributed by atoms with Gasteiger partial charge in [0.1, 0.15) is 19.8 Å². The predicted molar refractivity (Wildman–Crippen MR) is 372 cm³/mol. The van der Waals surface area contributed by atoms with Crippen LogP contribution < -0.4 is 0 Å². The van der Waals surface area contributed by atoms with Crippen LogP contribution in [0.5, 0.6) is 0 Å². The van der Waals surface area contributed by atoms with Crippen molar-refractivity contribution < 1.29 is 42.1 Å². The van der Waals surface area contributed by atoms with Gasteiger partial charge in [-0.15, -0.1) is 0 Å². The molecular weight excluding hydrogens is 1090 g/mol. The molecule has 1 N–H and O–H groups in total. The van der Waals surface area contributed by atoms with Crippen molar-refractivity contribution in [1.82, 2.24) is 0 Å². The zero-order valence-electron chi connectivity index (χ0n) is 56.8. The maximum Gasteiger partial charge on any atom is 0.472 e. The van der Waals surface area contributed by atoms with Gasteiger partial charge in [0, 0.05) is 12.8 Å². The smallest absolute Gasteiger partial charge is 0.462 e. The Morgan fingerprint density at radius 3 is 1.00 bits per heavy atom. The number of carbonyl (C=O) groups excluding carboxylic acids is 2. The van der Waals surface area contributed by atoms with Crippen molar-refractivity contribution in [3.8, 4) is 0 Å². The van der Waals surface area contributed by atoms with Crippen LogP contribution in [0.15, 0.2) is 97.2 Å². The monoisotopic (exact) mass is 1220 g/mol. The molecule has 0 saturated carbocycles. The first kappa shape index (κ1) is 82.9. The van der Waals surface area contributed by atoms with E-state index in [2.05, 4.69) is 111 Å². The van der Waals surface area contributed by atoms with Crippen molar-refractivity contribution in [2.24, 2.45) is 0 Å². The predicted octanol–water partition coefficient (Wildman–Crippen LogP) is 23.5. The molecule has 0 aliphatic heterocycles. The van der Waals surface area contributed by atoms with Crippen molar-refractivity contribution in [2.75, 3.05) is 47.5 Å². The van der Waals surface area contributed by atoms with Crippen molar-refractivity contribution in [1.29, 1.82) is 0 Å². The van der Waals surface area contributed by atoms with Gasteiger partial charge in [-0.3, -0.25) is 18.6 Å². The van der Waals surface area contributed by atoms with Crippen LogP contribution in [0.2, 0.25) is 0 Å². The number of quaternary nitrogens is 1. The maximum atomic E-state index is 12.9. The molecule has 2 atom stereocenters. The minimum atomic E-state index is -4.40. The van der Waals surface area contributed by atoms with E-state index in [1.54, 1.807) is 0 Å². The minimum Gasteiger partial charge on any atom is -0.462 e. The third-order valence-corrected chi connectivity index (χ3v) is 16.6. The Morgan fingerprint density at radius 2 is 0.663 bits per heavy atom. The van der Waals surface area contributed by atoms with E-state index in [1.807, 2.05) is 21.1 Å². The molecule has 9 nitrogen and oxygen atoms in total. The molecule has 0 radical (unpaired) electrons. The molecule has 0 amide bonds. The molecule has 10 heteroatoms. The van der Waals surface area contributed by atoms with E-state index in [1.165, 1.54) is 193 Å². The lowest BCUT2D eigenvalue weighted by Crippen LogP contribution is -2.37. The number of allylic oxidation sites excluding steroid dienone is 16. The molecule has 0 spiro atoms. The minimum absolute atomic E-state index is 0.0241. The SMILES string of the molecule is CC/C=C\C/C=C\C/C=C\C/C=C\C/C=C\C/C=C\C/C=C\CCCCCCCC(=O)OC(COC(=O)CCCCCCCCCCCCCCCCCCCCCCCCC/C=C\CCCCCCCCCC)COP(=O)(O)OCC[N+](C)(C)C. The summed E-state index contributed by atoms with van der Waals surface area (Å²) in [4.78, 5) is 35.9. The van der Waals surface area contributed by atoms with Gasteiger partial charge >= 0.3 is 19.8 Å². The largest absolute Gasteiger partial charge is 0.472 e. The molecule has 0 rings (SSSR count). The van der Waals surface area contributed by atoms with Crippen molar-refractivity contribution in [3.63, 3.8) is 0 Å². The number of unbranched alkanes of at least 4 members (excludes halogenated alkanes) is 36. The van der Waals surface area contributed by atoms with Crippen LogP contribution in [0, 0.1) is 0 Å². The Bertz CT molecular complexity index is 1770. The number of ether oxygens (including phenoxy) is 2. The van der Waals surface area contributed by atoms with Gasteiger partial charge in [-0.2, -0.15) is 0 Å². The van der Waals surface area contributed by atoms with E-state index in [0.29, 0.717) is 17.4 Å². The Labute approximate surface area is 532 Å². The summed E-state index contributed by atoms with van der Waals surface area (Å²) in [6, 6.07) is 0. The van der Waals surface area contributed by atoms with E-state index in [9.17, 15) is 19.0 Å². The maximum absolute atomic E-state index is 12.9. The van der Waals surface area contributed by atoms with Gasteiger partial charge in [0.2, 0.25) is 0 Å². The average Bonchev–Trinajstić information content (AvgIpc) is 3.53. The Hall–Kier alpha value is -3.07. The summed E-state index contributed by atoms with van der Waals surface area (Å²) < 4.78 is 34.7. The van der Waals surface area contributed by atoms with Crippen LogP contribution in [0.25, 0.3) is 0 Å². The fourth-order valence-corrected chi connectivity index (χ4v) is 10.9. The number of phosphoric acid groups is 1. The lowest BCUT2D eigenvalue weighted by molar-refractivity contribution is -0.870. The van der Waals surface area contributed by atoms with E-state index in [0.717, 1.165) is 96.3 Å². The van der Waals surface area contributed by atoms with Crippen LogP contribution >= 0.6 is 7.82 Å². The normalized spacial score (nSPS) is 13.7. The highest BCUT2D eigenvalue weighted by molar-refractivity contribution is 7.47. The zero-order valence-corrected chi connectivity index (χ0v) is 57.7. The number of esters is 2. The van der Waals surface area contributed by atoms with E-state index in [-0.39, 0.29) is 32.0 Å². The molecule has 0 aromatic heterocycles. The summed E-state index contributed by atoms with van der Waals surface area (Å²) in [6.45, 7) is 4.33. The molecule has 0 saturated heterocycles. The molecule has 2 unspecified atom stereocenters. The fraction of sp³-hybridized carbons (Fsp3) is 0.763. The number of carbonyl (C=O) groups is 2. The number of nitrogens with zero attached hydrogens (tertiary/aromatic N) is 1. The van der Waals surface area contributed by atoms with Crippen molar-refractivity contribution in [3.05, 3.63) is 97.2 Å². The van der Waals surface area contributed by atoms with Crippen LogP contribution in [-0.4, -0.2) is 74.9 Å². The summed E-state index contributed by atoms with van der Waals surface area (Å²) >= 11 is 0. The van der Waals surface area contributed by atoms with E-state index >= 15 is 0 Å². The first-order valence-corrected chi connectivity index (χ1v) is 37.5. The highest BCUT2D eigenvalue weighted by atomic mass is 31.2. The van der Waals surface area contributed by atoms with E-state index < -0.39 is 26.5 Å². The Morgan fingerprint density at radius 1 is 0.372 bits per heavy atom. The fourth-order valence-electron chi connectivity index (χ4n) is 10.1. The molecule has 0 heterocycles. The first-order chi connectivity index (χ1) is 42.0. The van der Waals surface area contributed by atoms with Crippen LogP contribution in [0.3, 0.4) is 0 Å². The third-order valence-electron chi connectivity index (χ3n) is 15.6. The standard InChI is InChI=1S/C76H136NO8P/c1-6-8-10-12-14-16-18-20-22-24-26-28-30-32-34-35-36-37-38-39-40-41-43-44-46-48-50-52-54-56-58-60-62-64-66-68-75(78)82-72-74(73-84-86(80,81)83-71-70-77(3,4)5)85-76(79)69-67-65-63-61-59-57-55-53-51-49-47-45-42-33-31-29-27-25-23-21-19-17-15-13-11-9-7-2/h9,11,15,17,21,23-24,26-27,29,33,42,47,49,53,55,74H,6-8,10,12-14,16,18-20,22,25,28,30-32,34-41,43-46,48,50-52,54,56-73H2,1-5H3/p+1/b11-9-,17-15-,23-21-,26-24-,29-27-,42-33-,49-47-,55-53-. The van der Waals surface area contributed by atoms with Crippen LogP contribution in [0.4, 0.5) is 0 Å². The first-order valence-electron chi connectivity index (χ1n) is 36.0. The Kier molecular flexibility index (Phi) is 64.0. The summed E-state index contributed by atoms with van der Waals surface area (Å²) in [7, 11) is 1.46. The number of phosphoric ester groups is 1. The Balaban J connectivity index is 4.04. The number of rotatable bonds is 66. The van der Waals surface area contributed by atoms with Gasteiger partial charge in [0.25, 0.3) is 0 Å². The highest BCUT2D eigenvalue weighted by Gasteiger charge is 2.27. The summed E-state index contributed by atoms with van der Waals surface area (Å²) in [5.74, 6) is -0.813. The zero-order chi connectivity index (χ0) is 62.6. The van der Waals surface area contributed by atoms with Crippen LogP contribution in [-0.2, 0) is 32.7 Å². The highest BCUT2D eigenvalue weighted by Crippen LogP contribution is 2.43. The quantitative estimate of drug-likeness (QED) is 0.0211. The van der Waals surface area contributed by atoms with Gasteiger partial charge in [0.15, 0.2) is 6.10 Å². The van der Waals surface area contributed by atoms with Gasteiger partial charge < -0.3 is 18.9 Å².